The lowest BCUT2D eigenvalue weighted by molar-refractivity contribution is 0.101. The first kappa shape index (κ1) is 19.2. The number of carbonyl (C=O) groups is 1. The maximum absolute atomic E-state index is 12.7. The summed E-state index contributed by atoms with van der Waals surface area (Å²) in [5.74, 6) is 0.203. The first-order valence-electron chi connectivity index (χ1n) is 8.86. The number of hydrogen-bond donors (Lipinski definition) is 1. The minimum absolute atomic E-state index is 0.0615. The van der Waals surface area contributed by atoms with Crippen LogP contribution in [0.1, 0.15) is 16.2 Å². The molecule has 4 aromatic rings. The van der Waals surface area contributed by atoms with Crippen LogP contribution in [-0.4, -0.2) is 20.7 Å². The van der Waals surface area contributed by atoms with E-state index in [1.807, 2.05) is 43.3 Å². The van der Waals surface area contributed by atoms with E-state index in [0.29, 0.717) is 21.6 Å². The van der Waals surface area contributed by atoms with Crippen LogP contribution in [0.5, 0.6) is 0 Å². The molecule has 144 valence electrons. The van der Waals surface area contributed by atoms with Gasteiger partial charge in [-0.15, -0.1) is 5.10 Å². The topological polar surface area (TPSA) is 59.8 Å². The van der Waals surface area contributed by atoms with Gasteiger partial charge in [0.1, 0.15) is 0 Å². The Bertz CT molecular complexity index is 1170. The second-order valence-corrected chi connectivity index (χ2v) is 7.35. The van der Waals surface area contributed by atoms with Crippen LogP contribution < -0.4 is 5.32 Å². The Balaban J connectivity index is 1.75. The Labute approximate surface area is 177 Å². The van der Waals surface area contributed by atoms with Crippen molar-refractivity contribution in [3.63, 3.8) is 0 Å². The number of amides is 1. The van der Waals surface area contributed by atoms with Crippen molar-refractivity contribution in [2.45, 2.75) is 6.92 Å². The lowest BCUT2D eigenvalue weighted by Crippen LogP contribution is -2.14. The van der Waals surface area contributed by atoms with Crippen LogP contribution in [0.2, 0.25) is 10.0 Å². The summed E-state index contributed by atoms with van der Waals surface area (Å²) >= 11 is 11.9. The Morgan fingerprint density at radius 1 is 0.931 bits per heavy atom. The molecule has 0 unspecified atom stereocenters. The van der Waals surface area contributed by atoms with Crippen LogP contribution in [0.4, 0.5) is 5.69 Å². The van der Waals surface area contributed by atoms with E-state index in [9.17, 15) is 4.79 Å². The molecule has 4 rings (SSSR count). The Morgan fingerprint density at radius 3 is 2.24 bits per heavy atom. The Kier molecular flexibility index (Phi) is 5.34. The lowest BCUT2D eigenvalue weighted by atomic mass is 10.2. The van der Waals surface area contributed by atoms with Gasteiger partial charge in [0.05, 0.1) is 5.69 Å². The standard InChI is InChI=1S/C22H16Cl2N4O/c1-14-3-2-4-19(13-14)28-21(15-5-7-16(23)8-6-15)26-20(27-28)22(29)25-18-11-9-17(24)10-12-18/h2-13H,1H3,(H,25,29). The first-order valence-corrected chi connectivity index (χ1v) is 9.62. The third-order valence-corrected chi connectivity index (χ3v) is 4.76. The van der Waals surface area contributed by atoms with E-state index >= 15 is 0 Å². The molecule has 1 aromatic heterocycles. The van der Waals surface area contributed by atoms with Crippen molar-refractivity contribution < 1.29 is 4.79 Å². The normalized spacial score (nSPS) is 10.7. The minimum atomic E-state index is -0.408. The molecule has 0 aliphatic rings. The summed E-state index contributed by atoms with van der Waals surface area (Å²) < 4.78 is 1.66. The van der Waals surface area contributed by atoms with E-state index in [4.69, 9.17) is 23.2 Å². The number of halogens is 2. The van der Waals surface area contributed by atoms with Gasteiger partial charge in [-0.2, -0.15) is 0 Å². The van der Waals surface area contributed by atoms with Crippen LogP contribution in [-0.2, 0) is 0 Å². The smallest absolute Gasteiger partial charge is 0.295 e. The summed E-state index contributed by atoms with van der Waals surface area (Å²) in [5.41, 5.74) is 3.30. The number of hydrogen-bond acceptors (Lipinski definition) is 3. The number of benzene rings is 3. The fourth-order valence-corrected chi connectivity index (χ4v) is 3.11. The highest BCUT2D eigenvalue weighted by molar-refractivity contribution is 6.31. The molecule has 1 amide bonds. The number of nitrogens with zero attached hydrogens (tertiary/aromatic N) is 3. The summed E-state index contributed by atoms with van der Waals surface area (Å²) in [4.78, 5) is 17.2. The van der Waals surface area contributed by atoms with Crippen molar-refractivity contribution in [1.82, 2.24) is 14.8 Å². The molecular formula is C22H16Cl2N4O. The molecule has 0 bridgehead atoms. The highest BCUT2D eigenvalue weighted by Crippen LogP contribution is 2.24. The quantitative estimate of drug-likeness (QED) is 0.451. The fraction of sp³-hybridized carbons (Fsp3) is 0.0455. The van der Waals surface area contributed by atoms with Crippen LogP contribution in [0.25, 0.3) is 17.1 Å². The van der Waals surface area contributed by atoms with Crippen LogP contribution in [0.3, 0.4) is 0 Å². The first-order chi connectivity index (χ1) is 14.0. The van der Waals surface area contributed by atoms with Crippen LogP contribution >= 0.6 is 23.2 Å². The van der Waals surface area contributed by atoms with Crippen molar-refractivity contribution in [3.05, 3.63) is 94.2 Å². The second-order valence-electron chi connectivity index (χ2n) is 6.48. The zero-order chi connectivity index (χ0) is 20.4. The summed E-state index contributed by atoms with van der Waals surface area (Å²) in [6.07, 6.45) is 0. The average Bonchev–Trinajstić information content (AvgIpc) is 3.16. The largest absolute Gasteiger partial charge is 0.319 e. The molecule has 1 N–H and O–H groups in total. The molecule has 0 radical (unpaired) electrons. The molecule has 0 spiro atoms. The number of aryl methyl sites for hydroxylation is 1. The molecule has 0 aliphatic carbocycles. The average molecular weight is 423 g/mol. The van der Waals surface area contributed by atoms with Gasteiger partial charge in [0, 0.05) is 21.3 Å². The maximum atomic E-state index is 12.7. The molecule has 7 heteroatoms. The third kappa shape index (κ3) is 4.31. The number of nitrogens with one attached hydrogen (secondary N) is 1. The zero-order valence-electron chi connectivity index (χ0n) is 15.4. The highest BCUT2D eigenvalue weighted by atomic mass is 35.5. The SMILES string of the molecule is Cc1cccc(-n2nc(C(=O)Nc3ccc(Cl)cc3)nc2-c2ccc(Cl)cc2)c1. The molecule has 5 nitrogen and oxygen atoms in total. The molecule has 0 saturated carbocycles. The van der Waals surface area contributed by atoms with E-state index in [1.165, 1.54) is 0 Å². The number of rotatable bonds is 4. The van der Waals surface area contributed by atoms with Crippen LogP contribution in [0, 0.1) is 6.92 Å². The van der Waals surface area contributed by atoms with Gasteiger partial charge >= 0.3 is 0 Å². The van der Waals surface area contributed by atoms with E-state index in [0.717, 1.165) is 16.8 Å². The van der Waals surface area contributed by atoms with Gasteiger partial charge < -0.3 is 5.32 Å². The van der Waals surface area contributed by atoms with Crippen molar-refractivity contribution in [2.75, 3.05) is 5.32 Å². The van der Waals surface area contributed by atoms with Gasteiger partial charge in [-0.1, -0.05) is 35.3 Å². The fourth-order valence-electron chi connectivity index (χ4n) is 2.85. The van der Waals surface area contributed by atoms with E-state index in [1.54, 1.807) is 41.1 Å². The van der Waals surface area contributed by atoms with Gasteiger partial charge in [-0.25, -0.2) is 9.67 Å². The van der Waals surface area contributed by atoms with E-state index in [-0.39, 0.29) is 5.82 Å². The zero-order valence-corrected chi connectivity index (χ0v) is 16.9. The number of aromatic nitrogens is 3. The van der Waals surface area contributed by atoms with Crippen LogP contribution in [0.15, 0.2) is 72.8 Å². The predicted octanol–water partition coefficient (Wildman–Crippen LogP) is 5.80. The van der Waals surface area contributed by atoms with Crippen molar-refractivity contribution in [1.29, 1.82) is 0 Å². The molecule has 0 fully saturated rings. The van der Waals surface area contributed by atoms with Gasteiger partial charge in [0.2, 0.25) is 5.82 Å². The molecule has 29 heavy (non-hydrogen) atoms. The monoisotopic (exact) mass is 422 g/mol. The molecule has 0 aliphatic heterocycles. The van der Waals surface area contributed by atoms with Crippen molar-refractivity contribution in [2.24, 2.45) is 0 Å². The molecule has 0 saturated heterocycles. The summed E-state index contributed by atoms with van der Waals surface area (Å²) in [5, 5.41) is 8.47. The van der Waals surface area contributed by atoms with Gasteiger partial charge in [-0.05, 0) is 73.2 Å². The van der Waals surface area contributed by atoms with Gasteiger partial charge in [0.15, 0.2) is 5.82 Å². The third-order valence-electron chi connectivity index (χ3n) is 4.26. The second kappa shape index (κ2) is 8.07. The van der Waals surface area contributed by atoms with Gasteiger partial charge in [-0.3, -0.25) is 4.79 Å². The van der Waals surface area contributed by atoms with E-state index in [2.05, 4.69) is 15.4 Å². The van der Waals surface area contributed by atoms with Crippen molar-refractivity contribution >= 4 is 34.8 Å². The summed E-state index contributed by atoms with van der Waals surface area (Å²) in [6, 6.07) is 21.9. The lowest BCUT2D eigenvalue weighted by Gasteiger charge is -2.06. The maximum Gasteiger partial charge on any atom is 0.295 e. The summed E-state index contributed by atoms with van der Waals surface area (Å²) in [7, 11) is 0. The van der Waals surface area contributed by atoms with Gasteiger partial charge in [0.25, 0.3) is 5.91 Å². The summed E-state index contributed by atoms with van der Waals surface area (Å²) in [6.45, 7) is 2.00. The number of anilines is 1. The predicted molar refractivity (Wildman–Crippen MR) is 116 cm³/mol. The molecule has 0 atom stereocenters. The minimum Gasteiger partial charge on any atom is -0.319 e. The van der Waals surface area contributed by atoms with Crippen molar-refractivity contribution in [3.8, 4) is 17.1 Å². The Hall–Kier alpha value is -3.15. The number of carbonyl (C=O) groups excluding carboxylic acids is 1. The molecule has 1 heterocycles. The van der Waals surface area contributed by atoms with E-state index < -0.39 is 5.91 Å². The highest BCUT2D eigenvalue weighted by Gasteiger charge is 2.19. The molecule has 3 aromatic carbocycles. The Morgan fingerprint density at radius 2 is 1.59 bits per heavy atom. The molecular weight excluding hydrogens is 407 g/mol.